The van der Waals surface area contributed by atoms with Crippen LogP contribution >= 0.6 is 0 Å². The number of nitro groups is 1. The van der Waals surface area contributed by atoms with Gasteiger partial charge in [0.05, 0.1) is 43.8 Å². The molecule has 1 aromatic carbocycles. The minimum atomic E-state index is -0.509. The van der Waals surface area contributed by atoms with Crippen LogP contribution in [0.4, 0.5) is 11.4 Å². The molecule has 0 saturated heterocycles. The van der Waals surface area contributed by atoms with E-state index in [1.54, 1.807) is 0 Å². The van der Waals surface area contributed by atoms with Gasteiger partial charge in [0.25, 0.3) is 5.69 Å². The molecule has 7 heteroatoms. The van der Waals surface area contributed by atoms with Gasteiger partial charge in [0, 0.05) is 12.1 Å². The van der Waals surface area contributed by atoms with Crippen LogP contribution in [0.15, 0.2) is 30.4 Å². The molecule has 1 atom stereocenters. The van der Waals surface area contributed by atoms with Crippen LogP contribution in [0.3, 0.4) is 0 Å². The molecule has 126 valence electrons. The summed E-state index contributed by atoms with van der Waals surface area (Å²) in [7, 11) is 1.45. The number of hydrogen-bond acceptors (Lipinski definition) is 4. The number of ether oxygens (including phenoxy) is 1. The predicted octanol–water partition coefficient (Wildman–Crippen LogP) is 1.41. The van der Waals surface area contributed by atoms with Gasteiger partial charge in [-0.3, -0.25) is 14.9 Å². The summed E-state index contributed by atoms with van der Waals surface area (Å²) >= 11 is 0. The Labute approximate surface area is 136 Å². The lowest BCUT2D eigenvalue weighted by molar-refractivity contribution is -0.892. The highest BCUT2D eigenvalue weighted by atomic mass is 16.6. The number of nitro benzene ring substituents is 1. The van der Waals surface area contributed by atoms with Gasteiger partial charge in [0.15, 0.2) is 0 Å². The van der Waals surface area contributed by atoms with Crippen LogP contribution in [0, 0.1) is 10.1 Å². The number of nitrogens with zero attached hydrogens (tertiary/aromatic N) is 1. The number of quaternary nitrogens is 1. The second-order valence-electron chi connectivity index (χ2n) is 5.43. The van der Waals surface area contributed by atoms with Crippen molar-refractivity contribution in [3.05, 3.63) is 40.5 Å². The van der Waals surface area contributed by atoms with E-state index in [4.69, 9.17) is 4.74 Å². The zero-order valence-corrected chi connectivity index (χ0v) is 13.8. The van der Waals surface area contributed by atoms with Crippen LogP contribution in [0.5, 0.6) is 5.75 Å². The van der Waals surface area contributed by atoms with Gasteiger partial charge in [-0.2, -0.15) is 0 Å². The molecule has 0 aliphatic carbocycles. The Hall–Kier alpha value is -2.41. The van der Waals surface area contributed by atoms with E-state index in [1.807, 2.05) is 6.92 Å². The minimum Gasteiger partial charge on any atom is -0.495 e. The number of nitrogens with one attached hydrogen (secondary N) is 2. The maximum Gasteiger partial charge on any atom is 0.271 e. The lowest BCUT2D eigenvalue weighted by Crippen LogP contribution is -3.12. The first-order chi connectivity index (χ1) is 10.9. The van der Waals surface area contributed by atoms with Gasteiger partial charge in [-0.1, -0.05) is 6.58 Å². The van der Waals surface area contributed by atoms with E-state index in [2.05, 4.69) is 18.8 Å². The minimum absolute atomic E-state index is 0.0933. The fourth-order valence-electron chi connectivity index (χ4n) is 2.23. The van der Waals surface area contributed by atoms with Gasteiger partial charge in [0.2, 0.25) is 5.91 Å². The van der Waals surface area contributed by atoms with E-state index in [1.165, 1.54) is 30.2 Å². The highest BCUT2D eigenvalue weighted by Crippen LogP contribution is 2.28. The number of carbonyl (C=O) groups is 1. The van der Waals surface area contributed by atoms with Crippen LogP contribution in [-0.4, -0.2) is 37.6 Å². The average Bonchev–Trinajstić information content (AvgIpc) is 2.50. The van der Waals surface area contributed by atoms with Crippen LogP contribution in [0.2, 0.25) is 0 Å². The summed E-state index contributed by atoms with van der Waals surface area (Å²) < 4.78 is 5.13. The lowest BCUT2D eigenvalue weighted by atomic mass is 10.2. The van der Waals surface area contributed by atoms with E-state index in [0.717, 1.165) is 18.7 Å². The molecule has 0 saturated carbocycles. The molecule has 0 fully saturated rings. The maximum absolute atomic E-state index is 12.1. The van der Waals surface area contributed by atoms with Crippen molar-refractivity contribution in [1.29, 1.82) is 0 Å². The number of likely N-dealkylation sites (N-methyl/N-ethyl adjacent to an activating group) is 1. The molecule has 1 unspecified atom stereocenters. The zero-order valence-electron chi connectivity index (χ0n) is 13.8. The van der Waals surface area contributed by atoms with Crippen LogP contribution in [0.25, 0.3) is 0 Å². The summed E-state index contributed by atoms with van der Waals surface area (Å²) in [5, 5.41) is 13.5. The molecule has 0 aliphatic rings. The van der Waals surface area contributed by atoms with Crippen LogP contribution < -0.4 is 15.0 Å². The highest BCUT2D eigenvalue weighted by Gasteiger charge is 2.15. The Kier molecular flexibility index (Phi) is 7.21. The molecule has 0 radical (unpaired) electrons. The molecule has 0 aliphatic heterocycles. The first kappa shape index (κ1) is 18.6. The number of benzene rings is 1. The number of carbonyl (C=O) groups excluding carboxylic acids is 1. The molecule has 0 aromatic heterocycles. The fourth-order valence-corrected chi connectivity index (χ4v) is 2.23. The number of amides is 1. The van der Waals surface area contributed by atoms with E-state index >= 15 is 0 Å². The molecule has 1 amide bonds. The SMILES string of the molecule is C=C(C)C[NH+](CC)CCC(=O)Nc1cc([N+](=O)[O-])ccc1OC. The third kappa shape index (κ3) is 6.07. The Morgan fingerprint density at radius 2 is 2.17 bits per heavy atom. The highest BCUT2D eigenvalue weighted by molar-refractivity contribution is 5.92. The molecule has 7 nitrogen and oxygen atoms in total. The zero-order chi connectivity index (χ0) is 17.4. The molecular weight excluding hydrogens is 298 g/mol. The first-order valence-corrected chi connectivity index (χ1v) is 7.47. The molecule has 1 aromatic rings. The Morgan fingerprint density at radius 1 is 1.48 bits per heavy atom. The monoisotopic (exact) mass is 322 g/mol. The molecule has 2 N–H and O–H groups in total. The standard InChI is InChI=1S/C16H23N3O4/c1-5-18(11-12(2)3)9-8-16(20)17-14-10-13(19(21)22)6-7-15(14)23-4/h6-7,10H,2,5,8-9,11H2,1,3-4H3,(H,17,20)/p+1. The Morgan fingerprint density at radius 3 is 2.70 bits per heavy atom. The molecule has 0 spiro atoms. The molecule has 0 heterocycles. The average molecular weight is 322 g/mol. The third-order valence-electron chi connectivity index (χ3n) is 3.43. The maximum atomic E-state index is 12.1. The summed E-state index contributed by atoms with van der Waals surface area (Å²) in [6.07, 6.45) is 0.322. The van der Waals surface area contributed by atoms with Crippen molar-refractivity contribution in [3.63, 3.8) is 0 Å². The number of hydrogen-bond donors (Lipinski definition) is 2. The van der Waals surface area contributed by atoms with Gasteiger partial charge >= 0.3 is 0 Å². The summed E-state index contributed by atoms with van der Waals surface area (Å²) in [6, 6.07) is 4.11. The van der Waals surface area contributed by atoms with Gasteiger partial charge in [0.1, 0.15) is 5.75 Å². The lowest BCUT2D eigenvalue weighted by Gasteiger charge is -2.17. The fraction of sp³-hybridized carbons (Fsp3) is 0.438. The van der Waals surface area contributed by atoms with Crippen molar-refractivity contribution in [2.75, 3.05) is 32.1 Å². The Bertz CT molecular complexity index is 587. The molecule has 0 bridgehead atoms. The summed E-state index contributed by atoms with van der Waals surface area (Å²) in [4.78, 5) is 23.7. The van der Waals surface area contributed by atoms with Gasteiger partial charge in [-0.15, -0.1) is 0 Å². The van der Waals surface area contributed by atoms with Crippen molar-refractivity contribution in [2.24, 2.45) is 0 Å². The second-order valence-corrected chi connectivity index (χ2v) is 5.43. The quantitative estimate of drug-likeness (QED) is 0.409. The normalized spacial score (nSPS) is 11.6. The van der Waals surface area contributed by atoms with Crippen molar-refractivity contribution in [3.8, 4) is 5.75 Å². The molecular formula is C16H24N3O4+. The van der Waals surface area contributed by atoms with E-state index in [9.17, 15) is 14.9 Å². The van der Waals surface area contributed by atoms with Gasteiger partial charge < -0.3 is 15.0 Å². The Balaban J connectivity index is 2.71. The van der Waals surface area contributed by atoms with Crippen LogP contribution in [-0.2, 0) is 4.79 Å². The second kappa shape index (κ2) is 8.89. The molecule has 23 heavy (non-hydrogen) atoms. The number of rotatable bonds is 9. The summed E-state index contributed by atoms with van der Waals surface area (Å²) in [5.74, 6) is 0.196. The van der Waals surface area contributed by atoms with Gasteiger partial charge in [-0.25, -0.2) is 0 Å². The van der Waals surface area contributed by atoms with E-state index in [-0.39, 0.29) is 11.6 Å². The number of anilines is 1. The molecule has 1 rings (SSSR count). The van der Waals surface area contributed by atoms with Crippen LogP contribution in [0.1, 0.15) is 20.3 Å². The van der Waals surface area contributed by atoms with Crippen molar-refractivity contribution in [2.45, 2.75) is 20.3 Å². The summed E-state index contributed by atoms with van der Waals surface area (Å²) in [5.41, 5.74) is 1.29. The van der Waals surface area contributed by atoms with Crippen molar-refractivity contribution >= 4 is 17.3 Å². The topological polar surface area (TPSA) is 85.9 Å². The van der Waals surface area contributed by atoms with Gasteiger partial charge in [-0.05, 0) is 25.5 Å². The third-order valence-corrected chi connectivity index (χ3v) is 3.43. The van der Waals surface area contributed by atoms with E-state index < -0.39 is 4.92 Å². The first-order valence-electron chi connectivity index (χ1n) is 7.47. The number of methoxy groups -OCH3 is 1. The van der Waals surface area contributed by atoms with Crippen molar-refractivity contribution in [1.82, 2.24) is 0 Å². The van der Waals surface area contributed by atoms with E-state index in [0.29, 0.717) is 24.4 Å². The predicted molar refractivity (Wildman–Crippen MR) is 88.9 cm³/mol. The number of non-ortho nitro benzene ring substituents is 1. The van der Waals surface area contributed by atoms with Crippen molar-refractivity contribution < 1.29 is 19.4 Å². The largest absolute Gasteiger partial charge is 0.495 e. The summed E-state index contributed by atoms with van der Waals surface area (Å²) in [6.45, 7) is 10.3. The smallest absolute Gasteiger partial charge is 0.271 e.